The smallest absolute Gasteiger partial charge is 0.158 e. The minimum absolute atomic E-state index is 0.122. The highest BCUT2D eigenvalue weighted by atomic mass is 127. The molecule has 0 fully saturated rings. The van der Waals surface area contributed by atoms with Crippen LogP contribution < -0.4 is 0 Å². The van der Waals surface area contributed by atoms with Crippen LogP contribution in [0.1, 0.15) is 32.1 Å². The quantitative estimate of drug-likeness (QED) is 0.0180. The van der Waals surface area contributed by atoms with E-state index in [0.29, 0.717) is 136 Å². The number of hydrogen-bond acceptors (Lipinski definition) is 20. The molecular weight excluding hydrogens is 1220 g/mol. The summed E-state index contributed by atoms with van der Waals surface area (Å²) in [5, 5.41) is 17.5. The SMILES string of the molecule is C=CC=O.C=CC=O.COCCO.COCCO.COCCOC(CCBr)OCCOC.COCCOC(CCCl)OCCOC.COCCOC(CCI)OCCOC.O=CCCBr.O=CCCCl. The van der Waals surface area contributed by atoms with Crippen molar-refractivity contribution < 1.29 is 95.7 Å². The zero-order valence-electron chi connectivity index (χ0n) is 43.1. The first-order chi connectivity index (χ1) is 34.0. The van der Waals surface area contributed by atoms with E-state index in [1.807, 2.05) is 0 Å². The molecule has 0 aliphatic carbocycles. The number of aldehydes is 4. The van der Waals surface area contributed by atoms with Gasteiger partial charge in [0, 0.05) is 116 Å². The third-order valence-corrected chi connectivity index (χ3v) is 7.79. The molecule has 0 heterocycles. The van der Waals surface area contributed by atoms with E-state index < -0.39 is 0 Å². The second-order valence-corrected chi connectivity index (χ2v) is 14.8. The number of carbonyl (C=O) groups excluding carboxylic acids is 4. The van der Waals surface area contributed by atoms with Crippen molar-refractivity contribution >= 4 is 103 Å². The molecule has 0 aliphatic rings. The van der Waals surface area contributed by atoms with E-state index >= 15 is 0 Å². The van der Waals surface area contributed by atoms with Crippen molar-refractivity contribution in [3.63, 3.8) is 0 Å². The highest BCUT2D eigenvalue weighted by Gasteiger charge is 2.09. The Labute approximate surface area is 461 Å². The molecule has 2 N–H and O–H groups in total. The van der Waals surface area contributed by atoms with Crippen LogP contribution in [0.5, 0.6) is 0 Å². The van der Waals surface area contributed by atoms with Crippen molar-refractivity contribution in [3.05, 3.63) is 25.3 Å². The number of rotatable bonds is 40. The van der Waals surface area contributed by atoms with Gasteiger partial charge in [-0.2, -0.15) is 0 Å². The molecule has 0 atom stereocenters. The number of ether oxygens (including phenoxy) is 14. The molecule has 0 aromatic rings. The van der Waals surface area contributed by atoms with Crippen LogP contribution in [0.15, 0.2) is 25.3 Å². The Morgan fingerprint density at radius 1 is 0.443 bits per heavy atom. The van der Waals surface area contributed by atoms with E-state index in [2.05, 4.69) is 77.1 Å². The van der Waals surface area contributed by atoms with E-state index in [1.54, 1.807) is 56.9 Å². The van der Waals surface area contributed by atoms with Crippen molar-refractivity contribution in [1.29, 1.82) is 0 Å². The fourth-order valence-electron chi connectivity index (χ4n) is 2.76. The zero-order valence-corrected chi connectivity index (χ0v) is 50.0. The van der Waals surface area contributed by atoms with Crippen molar-refractivity contribution in [2.45, 2.75) is 51.0 Å². The summed E-state index contributed by atoms with van der Waals surface area (Å²) in [6.45, 7) is 14.2. The number of methoxy groups -OCH3 is 8. The maximum absolute atomic E-state index is 9.37. The lowest BCUT2D eigenvalue weighted by atomic mass is 10.4. The molecule has 0 bridgehead atoms. The average Bonchev–Trinajstić information content (AvgIpc) is 3.37. The van der Waals surface area contributed by atoms with E-state index in [0.717, 1.165) is 40.5 Å². The summed E-state index contributed by atoms with van der Waals surface area (Å²) in [6, 6.07) is 0. The Bertz CT molecular complexity index is 757. The number of allylic oxidation sites excluding steroid dienone is 2. The van der Waals surface area contributed by atoms with Crippen LogP contribution in [0.2, 0.25) is 0 Å². The van der Waals surface area contributed by atoms with Crippen LogP contribution in [0.3, 0.4) is 0 Å². The molecule has 0 saturated carbocycles. The first-order valence-corrected chi connectivity index (χ1v) is 26.5. The van der Waals surface area contributed by atoms with Crippen LogP contribution >= 0.6 is 77.7 Å². The molecule has 0 radical (unpaired) electrons. The summed E-state index contributed by atoms with van der Waals surface area (Å²) in [7, 11) is 13.0. The average molecular weight is 1310 g/mol. The molecule has 0 saturated heterocycles. The highest BCUT2D eigenvalue weighted by Crippen LogP contribution is 2.05. The maximum atomic E-state index is 9.37. The van der Waals surface area contributed by atoms with Crippen LogP contribution in [-0.2, 0) is 85.5 Å². The standard InChI is InChI=1S/C9H19BrO4.C9H19ClO4.C9H19IO4.C3H5BrO.C3H5ClO.2C3H8O2.2C3H4O/c3*1-11-5-7-13-9(3-4-10)14-8-6-12-2;2*4-2-1-3-5;2*1-5-3-2-4;2*1-2-3-4/h3*9H,3-8H2,1-2H3;2*3H,1-2H2;2*4H,2-3H2,1H3;2*2-3H,1H2. The monoisotopic (exact) mass is 1310 g/mol. The number of aliphatic hydroxyl groups is 2. The summed E-state index contributed by atoms with van der Waals surface area (Å²) in [4.78, 5) is 36.8. The Balaban J connectivity index is -0.0000000901. The van der Waals surface area contributed by atoms with Crippen molar-refractivity contribution in [1.82, 2.24) is 0 Å². The third-order valence-electron chi connectivity index (χ3n) is 5.82. The topological polar surface area (TPSA) is 238 Å². The van der Waals surface area contributed by atoms with Crippen LogP contribution in [0, 0.1) is 0 Å². The molecule has 426 valence electrons. The van der Waals surface area contributed by atoms with E-state index in [-0.39, 0.29) is 32.1 Å². The zero-order chi connectivity index (χ0) is 55.3. The fourth-order valence-corrected chi connectivity index (χ4v) is 4.10. The first kappa shape index (κ1) is 89.4. The summed E-state index contributed by atoms with van der Waals surface area (Å²) in [6.07, 6.45) is 8.30. The van der Waals surface area contributed by atoms with Gasteiger partial charge >= 0.3 is 0 Å². The second-order valence-electron chi connectivity index (χ2n) is 11.4. The van der Waals surface area contributed by atoms with E-state index in [1.165, 1.54) is 12.2 Å². The van der Waals surface area contributed by atoms with Gasteiger partial charge in [0.05, 0.1) is 106 Å². The largest absolute Gasteiger partial charge is 0.394 e. The number of aliphatic hydroxyl groups excluding tert-OH is 2. The van der Waals surface area contributed by atoms with Gasteiger partial charge in [-0.3, -0.25) is 9.59 Å². The molecule has 70 heavy (non-hydrogen) atoms. The molecule has 20 nitrogen and oxygen atoms in total. The number of halogens is 5. The van der Waals surface area contributed by atoms with Gasteiger partial charge in [0.2, 0.25) is 0 Å². The number of carbonyl (C=O) groups is 4. The van der Waals surface area contributed by atoms with Gasteiger partial charge in [-0.1, -0.05) is 67.6 Å². The number of hydrogen-bond donors (Lipinski definition) is 2. The summed E-state index contributed by atoms with van der Waals surface area (Å²) in [5.41, 5.74) is 0. The predicted molar refractivity (Wildman–Crippen MR) is 292 cm³/mol. The van der Waals surface area contributed by atoms with Gasteiger partial charge in [-0.15, -0.1) is 23.2 Å². The summed E-state index contributed by atoms with van der Waals surface area (Å²) < 4.78 is 71.7. The summed E-state index contributed by atoms with van der Waals surface area (Å²) >= 11 is 19.4. The van der Waals surface area contributed by atoms with Crippen molar-refractivity contribution in [3.8, 4) is 0 Å². The Morgan fingerprint density at radius 2 is 0.714 bits per heavy atom. The predicted octanol–water partition coefficient (Wildman–Crippen LogP) is 5.93. The highest BCUT2D eigenvalue weighted by molar-refractivity contribution is 14.1. The lowest BCUT2D eigenvalue weighted by Crippen LogP contribution is -2.22. The van der Waals surface area contributed by atoms with Crippen LogP contribution in [-0.4, -0.2) is 244 Å². The van der Waals surface area contributed by atoms with E-state index in [4.69, 9.17) is 99.8 Å². The summed E-state index contributed by atoms with van der Waals surface area (Å²) in [5.74, 6) is 0.966. The fraction of sp³-hybridized carbons (Fsp3) is 0.822. The van der Waals surface area contributed by atoms with Gasteiger partial charge < -0.3 is 86.1 Å². The molecule has 0 rings (SSSR count). The molecular formula is C45H91Br2Cl2IO20. The Kier molecular flexibility index (Phi) is 134. The maximum Gasteiger partial charge on any atom is 0.158 e. The second kappa shape index (κ2) is 105. The Morgan fingerprint density at radius 3 is 0.843 bits per heavy atom. The van der Waals surface area contributed by atoms with E-state index in [9.17, 15) is 9.59 Å². The normalized spacial score (nSPS) is 9.51. The molecule has 25 heteroatoms. The lowest BCUT2D eigenvalue weighted by Gasteiger charge is -2.17. The van der Waals surface area contributed by atoms with Gasteiger partial charge in [-0.25, -0.2) is 0 Å². The minimum Gasteiger partial charge on any atom is -0.394 e. The van der Waals surface area contributed by atoms with Gasteiger partial charge in [-0.05, 0) is 12.2 Å². The molecule has 0 spiro atoms. The van der Waals surface area contributed by atoms with Gasteiger partial charge in [0.15, 0.2) is 18.9 Å². The Hall–Kier alpha value is -0.210. The van der Waals surface area contributed by atoms with Crippen LogP contribution in [0.4, 0.5) is 0 Å². The minimum atomic E-state index is -0.252. The first-order valence-electron chi connectivity index (χ1n) is 21.7. The van der Waals surface area contributed by atoms with Crippen molar-refractivity contribution in [2.75, 3.05) is 189 Å². The molecule has 0 amide bonds. The van der Waals surface area contributed by atoms with Crippen LogP contribution in [0.25, 0.3) is 0 Å². The van der Waals surface area contributed by atoms with Gasteiger partial charge in [0.25, 0.3) is 0 Å². The third kappa shape index (κ3) is 127. The lowest BCUT2D eigenvalue weighted by molar-refractivity contribution is -0.155. The molecule has 0 aliphatic heterocycles. The molecule has 0 aromatic heterocycles. The molecule has 0 aromatic carbocycles. The van der Waals surface area contributed by atoms with Gasteiger partial charge in [0.1, 0.15) is 25.1 Å². The van der Waals surface area contributed by atoms with Crippen molar-refractivity contribution in [2.24, 2.45) is 0 Å². The molecule has 0 unspecified atom stereocenters. The number of alkyl halides is 5.